The van der Waals surface area contributed by atoms with Crippen LogP contribution in [0.2, 0.25) is 0 Å². The molecule has 2 aliphatic rings. The summed E-state index contributed by atoms with van der Waals surface area (Å²) in [5.74, 6) is 0. The summed E-state index contributed by atoms with van der Waals surface area (Å²) in [6.45, 7) is 6.70. The van der Waals surface area contributed by atoms with E-state index in [4.69, 9.17) is 4.74 Å². The van der Waals surface area contributed by atoms with E-state index in [9.17, 15) is 5.11 Å². The number of fused-ring (bicyclic) bond motifs is 2. The lowest BCUT2D eigenvalue weighted by molar-refractivity contribution is -0.145. The highest BCUT2D eigenvalue weighted by atomic mass is 16.5. The van der Waals surface area contributed by atoms with Gasteiger partial charge in [-0.3, -0.25) is 4.90 Å². The summed E-state index contributed by atoms with van der Waals surface area (Å²) in [5.41, 5.74) is 4.60. The largest absolute Gasteiger partial charge is 0.389 e. The van der Waals surface area contributed by atoms with Gasteiger partial charge >= 0.3 is 0 Å². The van der Waals surface area contributed by atoms with Crippen LogP contribution < -0.4 is 0 Å². The molecule has 0 aromatic heterocycles. The topological polar surface area (TPSA) is 32.7 Å². The van der Waals surface area contributed by atoms with E-state index in [1.807, 2.05) is 0 Å². The molecule has 2 fully saturated rings. The Kier molecular flexibility index (Phi) is 4.87. The molecular formula is C23H29NO2. The van der Waals surface area contributed by atoms with Crippen molar-refractivity contribution < 1.29 is 9.84 Å². The first-order valence-corrected chi connectivity index (χ1v) is 9.69. The van der Waals surface area contributed by atoms with E-state index in [1.54, 1.807) is 0 Å². The molecule has 2 saturated heterocycles. The van der Waals surface area contributed by atoms with Gasteiger partial charge in [-0.2, -0.15) is 0 Å². The van der Waals surface area contributed by atoms with Crippen LogP contribution in [-0.2, 0) is 17.7 Å². The highest BCUT2D eigenvalue weighted by Crippen LogP contribution is 2.38. The SMILES string of the molecule is Cc1cccc(CC2(O)CC3COCC(C2)N3Cc2ccccc2)c1C. The second-order valence-electron chi connectivity index (χ2n) is 8.17. The minimum absolute atomic E-state index is 0.290. The Hall–Kier alpha value is -1.68. The maximum absolute atomic E-state index is 11.4. The average Bonchev–Trinajstić information content (AvgIpc) is 2.61. The molecule has 1 N–H and O–H groups in total. The number of aliphatic hydroxyl groups is 1. The number of hydrogen-bond donors (Lipinski definition) is 1. The maximum atomic E-state index is 11.4. The number of hydrogen-bond acceptors (Lipinski definition) is 3. The van der Waals surface area contributed by atoms with E-state index in [1.165, 1.54) is 22.3 Å². The van der Waals surface area contributed by atoms with E-state index in [0.717, 1.165) is 39.0 Å². The molecule has 26 heavy (non-hydrogen) atoms. The van der Waals surface area contributed by atoms with Gasteiger partial charge in [0.2, 0.25) is 0 Å². The fraction of sp³-hybridized carbons (Fsp3) is 0.478. The van der Waals surface area contributed by atoms with Gasteiger partial charge in [0.1, 0.15) is 0 Å². The van der Waals surface area contributed by atoms with Crippen LogP contribution >= 0.6 is 0 Å². The maximum Gasteiger partial charge on any atom is 0.0719 e. The highest BCUT2D eigenvalue weighted by molar-refractivity contribution is 5.34. The smallest absolute Gasteiger partial charge is 0.0719 e. The summed E-state index contributed by atoms with van der Waals surface area (Å²) in [6, 6.07) is 17.6. The Morgan fingerprint density at radius 2 is 1.69 bits per heavy atom. The van der Waals surface area contributed by atoms with Crippen molar-refractivity contribution in [2.45, 2.75) is 57.3 Å². The number of nitrogens with zero attached hydrogens (tertiary/aromatic N) is 1. The van der Waals surface area contributed by atoms with Crippen LogP contribution in [0.5, 0.6) is 0 Å². The number of piperidine rings is 1. The van der Waals surface area contributed by atoms with Crippen LogP contribution in [0.3, 0.4) is 0 Å². The van der Waals surface area contributed by atoms with Crippen molar-refractivity contribution in [2.24, 2.45) is 0 Å². The molecule has 0 radical (unpaired) electrons. The lowest BCUT2D eigenvalue weighted by Crippen LogP contribution is -2.61. The van der Waals surface area contributed by atoms with Crippen molar-refractivity contribution in [3.8, 4) is 0 Å². The zero-order chi connectivity index (χ0) is 18.1. The first kappa shape index (κ1) is 17.7. The van der Waals surface area contributed by atoms with Crippen LogP contribution in [0.25, 0.3) is 0 Å². The van der Waals surface area contributed by atoms with Gasteiger partial charge in [-0.1, -0.05) is 48.5 Å². The molecular weight excluding hydrogens is 322 g/mol. The molecule has 2 atom stereocenters. The monoisotopic (exact) mass is 351 g/mol. The van der Waals surface area contributed by atoms with Gasteiger partial charge < -0.3 is 9.84 Å². The molecule has 138 valence electrons. The second-order valence-corrected chi connectivity index (χ2v) is 8.17. The molecule has 3 heteroatoms. The molecule has 3 nitrogen and oxygen atoms in total. The molecule has 0 aliphatic carbocycles. The summed E-state index contributed by atoms with van der Waals surface area (Å²) in [6.07, 6.45) is 2.31. The third-order valence-electron chi connectivity index (χ3n) is 6.23. The van der Waals surface area contributed by atoms with Gasteiger partial charge in [-0.15, -0.1) is 0 Å². The Morgan fingerprint density at radius 1 is 1.00 bits per heavy atom. The molecule has 2 bridgehead atoms. The minimum atomic E-state index is -0.634. The first-order valence-electron chi connectivity index (χ1n) is 9.69. The third-order valence-corrected chi connectivity index (χ3v) is 6.23. The Labute approximate surface area is 156 Å². The first-order chi connectivity index (χ1) is 12.5. The van der Waals surface area contributed by atoms with Gasteiger partial charge in [0.05, 0.1) is 18.8 Å². The number of rotatable bonds is 4. The van der Waals surface area contributed by atoms with E-state index in [-0.39, 0.29) is 12.1 Å². The van der Waals surface area contributed by atoms with Crippen molar-refractivity contribution in [3.63, 3.8) is 0 Å². The summed E-state index contributed by atoms with van der Waals surface area (Å²) < 4.78 is 5.84. The summed E-state index contributed by atoms with van der Waals surface area (Å²) >= 11 is 0. The lowest BCUT2D eigenvalue weighted by atomic mass is 9.76. The number of morpholine rings is 1. The molecule has 0 amide bonds. The molecule has 2 unspecified atom stereocenters. The molecule has 0 spiro atoms. The highest BCUT2D eigenvalue weighted by Gasteiger charge is 2.46. The van der Waals surface area contributed by atoms with Gasteiger partial charge in [0, 0.05) is 25.0 Å². The van der Waals surface area contributed by atoms with E-state index in [0.29, 0.717) is 0 Å². The van der Waals surface area contributed by atoms with Crippen LogP contribution in [-0.4, -0.2) is 40.9 Å². The fourth-order valence-electron chi connectivity index (χ4n) is 4.70. The van der Waals surface area contributed by atoms with Crippen LogP contribution in [0, 0.1) is 13.8 Å². The van der Waals surface area contributed by atoms with Gasteiger partial charge in [-0.25, -0.2) is 0 Å². The summed E-state index contributed by atoms with van der Waals surface area (Å²) in [7, 11) is 0. The molecule has 2 aromatic rings. The Morgan fingerprint density at radius 3 is 2.38 bits per heavy atom. The molecule has 2 aliphatic heterocycles. The van der Waals surface area contributed by atoms with Gasteiger partial charge in [0.15, 0.2) is 0 Å². The Balaban J connectivity index is 1.52. The van der Waals surface area contributed by atoms with E-state index in [2.05, 4.69) is 67.3 Å². The molecule has 2 heterocycles. The van der Waals surface area contributed by atoms with Crippen LogP contribution in [0.4, 0.5) is 0 Å². The summed E-state index contributed by atoms with van der Waals surface area (Å²) in [4.78, 5) is 2.55. The molecule has 4 rings (SSSR count). The predicted molar refractivity (Wildman–Crippen MR) is 104 cm³/mol. The van der Waals surface area contributed by atoms with E-state index >= 15 is 0 Å². The third kappa shape index (κ3) is 3.57. The number of aryl methyl sites for hydroxylation is 1. The summed E-state index contributed by atoms with van der Waals surface area (Å²) in [5, 5.41) is 11.4. The van der Waals surface area contributed by atoms with Crippen molar-refractivity contribution in [1.29, 1.82) is 0 Å². The van der Waals surface area contributed by atoms with Crippen LogP contribution in [0.15, 0.2) is 48.5 Å². The fourth-order valence-corrected chi connectivity index (χ4v) is 4.70. The van der Waals surface area contributed by atoms with Crippen LogP contribution in [0.1, 0.15) is 35.1 Å². The lowest BCUT2D eigenvalue weighted by Gasteiger charge is -2.52. The van der Waals surface area contributed by atoms with Gasteiger partial charge in [0.25, 0.3) is 0 Å². The molecule has 2 aromatic carbocycles. The van der Waals surface area contributed by atoms with Crippen molar-refractivity contribution >= 4 is 0 Å². The quantitative estimate of drug-likeness (QED) is 0.913. The number of ether oxygens (including phenoxy) is 1. The Bertz CT molecular complexity index is 744. The average molecular weight is 351 g/mol. The number of benzene rings is 2. The zero-order valence-electron chi connectivity index (χ0n) is 15.8. The van der Waals surface area contributed by atoms with E-state index < -0.39 is 5.60 Å². The molecule has 0 saturated carbocycles. The predicted octanol–water partition coefficient (Wildman–Crippen LogP) is 3.64. The van der Waals surface area contributed by atoms with Crippen molar-refractivity contribution in [1.82, 2.24) is 4.90 Å². The standard InChI is InChI=1S/C23H29NO2/c1-17-7-6-10-20(18(17)2)11-23(25)12-21-15-26-16-22(13-23)24(21)14-19-8-4-3-5-9-19/h3-10,21-22,25H,11-16H2,1-2H3. The van der Waals surface area contributed by atoms with Crippen molar-refractivity contribution in [2.75, 3.05) is 13.2 Å². The normalized spacial score (nSPS) is 28.9. The second kappa shape index (κ2) is 7.15. The zero-order valence-corrected chi connectivity index (χ0v) is 15.8. The van der Waals surface area contributed by atoms with Crippen molar-refractivity contribution in [3.05, 3.63) is 70.8 Å². The minimum Gasteiger partial charge on any atom is -0.389 e. The van der Waals surface area contributed by atoms with Gasteiger partial charge in [-0.05, 0) is 48.9 Å².